The van der Waals surface area contributed by atoms with E-state index in [1.54, 1.807) is 18.7 Å². The minimum absolute atomic E-state index is 0.420. The molecule has 2 N–H and O–H groups in total. The molecular weight excluding hydrogens is 216 g/mol. The van der Waals surface area contributed by atoms with Crippen LogP contribution in [0.2, 0.25) is 0 Å². The van der Waals surface area contributed by atoms with Gasteiger partial charge in [0.15, 0.2) is 0 Å². The molecule has 0 bridgehead atoms. The largest absolute Gasteiger partial charge is 0.444 e. The van der Waals surface area contributed by atoms with Gasteiger partial charge in [0, 0.05) is 12.6 Å². The minimum atomic E-state index is -0.420. The molecule has 17 heavy (non-hydrogen) atoms. The Morgan fingerprint density at radius 3 is 2.76 bits per heavy atom. The maximum absolute atomic E-state index is 6.08. The van der Waals surface area contributed by atoms with Crippen LogP contribution in [0, 0.1) is 0 Å². The second-order valence-corrected chi connectivity index (χ2v) is 4.70. The zero-order valence-corrected chi connectivity index (χ0v) is 10.5. The van der Waals surface area contributed by atoms with E-state index in [0.717, 1.165) is 17.9 Å². The van der Waals surface area contributed by atoms with E-state index in [9.17, 15) is 0 Å². The molecule has 0 spiro atoms. The Hall–Kier alpha value is -1.62. The Labute approximate surface area is 101 Å². The van der Waals surface area contributed by atoms with E-state index in [-0.39, 0.29) is 0 Å². The normalized spacial score (nSPS) is 12.0. The molecule has 0 atom stereocenters. The topological polar surface area (TPSA) is 69.9 Å². The lowest BCUT2D eigenvalue weighted by atomic mass is 10.0. The molecule has 5 nitrogen and oxygen atoms in total. The molecule has 0 radical (unpaired) electrons. The van der Waals surface area contributed by atoms with E-state index < -0.39 is 5.54 Å². The molecule has 0 amide bonds. The van der Waals surface area contributed by atoms with E-state index in [1.165, 1.54) is 0 Å². The number of oxazole rings is 1. The summed E-state index contributed by atoms with van der Waals surface area (Å²) in [6, 6.07) is 0. The van der Waals surface area contributed by atoms with Crippen LogP contribution in [0.5, 0.6) is 0 Å². The summed E-state index contributed by atoms with van der Waals surface area (Å²) in [4.78, 5) is 8.35. The number of hydrogen-bond acceptors (Lipinski definition) is 4. The van der Waals surface area contributed by atoms with Gasteiger partial charge in [0.25, 0.3) is 0 Å². The number of rotatable bonds is 4. The predicted octanol–water partition coefficient (Wildman–Crippen LogP) is 1.68. The highest BCUT2D eigenvalue weighted by atomic mass is 16.4. The van der Waals surface area contributed by atoms with Gasteiger partial charge in [-0.3, -0.25) is 0 Å². The first-order chi connectivity index (χ1) is 8.00. The highest BCUT2D eigenvalue weighted by Crippen LogP contribution is 2.17. The molecule has 0 unspecified atom stereocenters. The molecule has 2 heterocycles. The van der Waals surface area contributed by atoms with Crippen molar-refractivity contribution in [3.05, 3.63) is 36.1 Å². The van der Waals surface area contributed by atoms with Crippen molar-refractivity contribution in [2.24, 2.45) is 5.73 Å². The van der Waals surface area contributed by atoms with Gasteiger partial charge in [0.05, 0.1) is 23.8 Å². The van der Waals surface area contributed by atoms with E-state index >= 15 is 0 Å². The molecule has 0 aliphatic carbocycles. The van der Waals surface area contributed by atoms with Crippen molar-refractivity contribution in [1.29, 1.82) is 0 Å². The Bertz CT molecular complexity index is 493. The van der Waals surface area contributed by atoms with Crippen molar-refractivity contribution in [2.75, 3.05) is 0 Å². The fraction of sp³-hybridized carbons (Fsp3) is 0.500. The van der Waals surface area contributed by atoms with E-state index in [2.05, 4.69) is 9.97 Å². The third-order valence-electron chi connectivity index (χ3n) is 2.63. The molecule has 0 aliphatic rings. The van der Waals surface area contributed by atoms with Crippen molar-refractivity contribution < 1.29 is 4.42 Å². The number of aromatic nitrogens is 3. The van der Waals surface area contributed by atoms with Gasteiger partial charge in [-0.1, -0.05) is 6.92 Å². The maximum Gasteiger partial charge on any atom is 0.214 e. The van der Waals surface area contributed by atoms with Crippen LogP contribution in [0.1, 0.15) is 38.1 Å². The van der Waals surface area contributed by atoms with Gasteiger partial charge in [-0.2, -0.15) is 0 Å². The average Bonchev–Trinajstić information content (AvgIpc) is 2.85. The first kappa shape index (κ1) is 11.9. The van der Waals surface area contributed by atoms with Crippen molar-refractivity contribution in [3.63, 3.8) is 0 Å². The van der Waals surface area contributed by atoms with Gasteiger partial charge in [0.1, 0.15) is 12.3 Å². The average molecular weight is 234 g/mol. The molecule has 2 aromatic rings. The number of imidazole rings is 1. The Morgan fingerprint density at radius 2 is 2.18 bits per heavy atom. The first-order valence-electron chi connectivity index (χ1n) is 5.73. The van der Waals surface area contributed by atoms with Gasteiger partial charge >= 0.3 is 0 Å². The Morgan fingerprint density at radius 1 is 1.41 bits per heavy atom. The third kappa shape index (κ3) is 2.55. The van der Waals surface area contributed by atoms with Crippen LogP contribution >= 0.6 is 0 Å². The van der Waals surface area contributed by atoms with Crippen molar-refractivity contribution in [3.8, 4) is 0 Å². The molecular formula is C12H18N4O. The molecule has 0 aromatic carbocycles. The molecule has 92 valence electrons. The summed E-state index contributed by atoms with van der Waals surface area (Å²) in [5.41, 5.74) is 6.62. The van der Waals surface area contributed by atoms with Crippen LogP contribution in [-0.4, -0.2) is 14.5 Å². The minimum Gasteiger partial charge on any atom is -0.444 e. The second-order valence-electron chi connectivity index (χ2n) is 4.70. The van der Waals surface area contributed by atoms with Crippen molar-refractivity contribution >= 4 is 0 Å². The van der Waals surface area contributed by atoms with Gasteiger partial charge in [-0.25, -0.2) is 9.97 Å². The van der Waals surface area contributed by atoms with Crippen molar-refractivity contribution in [2.45, 2.75) is 39.3 Å². The second kappa shape index (κ2) is 4.33. The quantitative estimate of drug-likeness (QED) is 0.873. The number of hydrogen-bond donors (Lipinski definition) is 1. The summed E-state index contributed by atoms with van der Waals surface area (Å²) in [6.07, 6.45) is 6.15. The zero-order chi connectivity index (χ0) is 12.5. The van der Waals surface area contributed by atoms with Crippen LogP contribution in [-0.2, 0) is 18.5 Å². The van der Waals surface area contributed by atoms with Crippen LogP contribution in [0.4, 0.5) is 0 Å². The molecule has 0 aliphatic heterocycles. The Kier molecular flexibility index (Phi) is 3.02. The highest BCUT2D eigenvalue weighted by Gasteiger charge is 2.19. The summed E-state index contributed by atoms with van der Waals surface area (Å²) >= 11 is 0. The molecule has 0 saturated carbocycles. The van der Waals surface area contributed by atoms with Crippen LogP contribution in [0.25, 0.3) is 0 Å². The maximum atomic E-state index is 6.08. The summed E-state index contributed by atoms with van der Waals surface area (Å²) in [5, 5.41) is 0. The standard InChI is InChI=1S/C12H18N4O/c1-4-9-5-15-11(17-9)7-16-8-14-6-10(16)12(2,3)13/h5-6,8H,4,7,13H2,1-3H3. The van der Waals surface area contributed by atoms with E-state index in [1.807, 2.05) is 25.3 Å². The van der Waals surface area contributed by atoms with Gasteiger partial charge in [0.2, 0.25) is 5.89 Å². The van der Waals surface area contributed by atoms with E-state index in [4.69, 9.17) is 10.2 Å². The first-order valence-corrected chi connectivity index (χ1v) is 5.73. The molecule has 2 rings (SSSR count). The molecule has 0 fully saturated rings. The number of nitrogens with two attached hydrogens (primary N) is 1. The SMILES string of the molecule is CCc1cnc(Cn2cncc2C(C)(C)N)o1. The lowest BCUT2D eigenvalue weighted by Gasteiger charge is -2.19. The van der Waals surface area contributed by atoms with Gasteiger partial charge in [-0.15, -0.1) is 0 Å². The lowest BCUT2D eigenvalue weighted by Crippen LogP contribution is -2.31. The molecule has 5 heteroatoms. The number of aryl methyl sites for hydroxylation is 1. The zero-order valence-electron chi connectivity index (χ0n) is 10.5. The fourth-order valence-electron chi connectivity index (χ4n) is 1.71. The van der Waals surface area contributed by atoms with Gasteiger partial charge < -0.3 is 14.7 Å². The Balaban J connectivity index is 2.22. The summed E-state index contributed by atoms with van der Waals surface area (Å²) in [6.45, 7) is 6.51. The van der Waals surface area contributed by atoms with Crippen LogP contribution in [0.15, 0.2) is 23.1 Å². The monoisotopic (exact) mass is 234 g/mol. The smallest absolute Gasteiger partial charge is 0.214 e. The van der Waals surface area contributed by atoms with E-state index in [0.29, 0.717) is 12.4 Å². The van der Waals surface area contributed by atoms with Crippen LogP contribution < -0.4 is 5.73 Å². The molecule has 2 aromatic heterocycles. The number of nitrogens with zero attached hydrogens (tertiary/aromatic N) is 3. The fourth-order valence-corrected chi connectivity index (χ4v) is 1.71. The van der Waals surface area contributed by atoms with Gasteiger partial charge in [-0.05, 0) is 13.8 Å². The third-order valence-corrected chi connectivity index (χ3v) is 2.63. The lowest BCUT2D eigenvalue weighted by molar-refractivity contribution is 0.430. The highest BCUT2D eigenvalue weighted by molar-refractivity contribution is 5.11. The van der Waals surface area contributed by atoms with Crippen molar-refractivity contribution in [1.82, 2.24) is 14.5 Å². The van der Waals surface area contributed by atoms with Crippen LogP contribution in [0.3, 0.4) is 0 Å². The molecule has 0 saturated heterocycles. The summed E-state index contributed by atoms with van der Waals surface area (Å²) < 4.78 is 7.54. The summed E-state index contributed by atoms with van der Waals surface area (Å²) in [5.74, 6) is 1.58. The summed E-state index contributed by atoms with van der Waals surface area (Å²) in [7, 11) is 0. The predicted molar refractivity (Wildman–Crippen MR) is 64.4 cm³/mol.